The Balaban J connectivity index is 1.95. The van der Waals surface area contributed by atoms with Crippen molar-refractivity contribution >= 4 is 27.5 Å². The van der Waals surface area contributed by atoms with E-state index in [1.54, 1.807) is 13.0 Å². The summed E-state index contributed by atoms with van der Waals surface area (Å²) in [6.45, 7) is 2.39. The van der Waals surface area contributed by atoms with E-state index >= 15 is 0 Å². The van der Waals surface area contributed by atoms with Crippen LogP contribution in [0.15, 0.2) is 18.2 Å². The molecule has 21 heavy (non-hydrogen) atoms. The van der Waals surface area contributed by atoms with Crippen molar-refractivity contribution in [3.8, 4) is 0 Å². The number of amides is 1. The van der Waals surface area contributed by atoms with Crippen molar-refractivity contribution in [2.75, 3.05) is 6.54 Å². The second-order valence-corrected chi connectivity index (χ2v) is 6.94. The zero-order valence-electron chi connectivity index (χ0n) is 12.0. The van der Waals surface area contributed by atoms with Crippen LogP contribution in [0.1, 0.15) is 41.6 Å². The molecule has 0 aromatic heterocycles. The molecule has 1 aliphatic carbocycles. The molecule has 1 aliphatic rings. The Labute approximate surface area is 132 Å². The number of alkyl halides is 1. The van der Waals surface area contributed by atoms with Crippen LogP contribution in [-0.4, -0.2) is 22.2 Å². The number of benzene rings is 1. The maximum absolute atomic E-state index is 12.1. The number of nitro benzene ring substituents is 1. The topological polar surface area (TPSA) is 72.2 Å². The van der Waals surface area contributed by atoms with E-state index in [-0.39, 0.29) is 11.6 Å². The first kappa shape index (κ1) is 15.9. The number of carbonyl (C=O) groups is 1. The number of non-ortho nitro benzene ring substituents is 1. The highest BCUT2D eigenvalue weighted by atomic mass is 79.9. The highest BCUT2D eigenvalue weighted by Gasteiger charge is 2.20. The fourth-order valence-corrected chi connectivity index (χ4v) is 3.19. The molecule has 1 aromatic rings. The monoisotopic (exact) mass is 354 g/mol. The zero-order chi connectivity index (χ0) is 15.4. The Morgan fingerprint density at radius 3 is 2.62 bits per heavy atom. The summed E-state index contributed by atoms with van der Waals surface area (Å²) in [7, 11) is 0. The molecule has 6 heteroatoms. The Kier molecular flexibility index (Phi) is 5.33. The first-order chi connectivity index (χ1) is 9.95. The smallest absolute Gasteiger partial charge is 0.270 e. The number of rotatable bonds is 4. The van der Waals surface area contributed by atoms with Crippen molar-refractivity contribution < 1.29 is 9.72 Å². The summed E-state index contributed by atoms with van der Waals surface area (Å²) < 4.78 is 0. The minimum atomic E-state index is -0.471. The summed E-state index contributed by atoms with van der Waals surface area (Å²) in [6.07, 6.45) is 4.47. The molecule has 0 aliphatic heterocycles. The van der Waals surface area contributed by atoms with Crippen molar-refractivity contribution in [1.82, 2.24) is 5.32 Å². The van der Waals surface area contributed by atoms with Crippen LogP contribution in [0.4, 0.5) is 5.69 Å². The SMILES string of the molecule is Cc1cc(C(=O)NCC2CCC(Br)CC2)cc([N+](=O)[O-])c1. The van der Waals surface area contributed by atoms with Crippen LogP contribution in [-0.2, 0) is 0 Å². The minimum absolute atomic E-state index is 0.0417. The van der Waals surface area contributed by atoms with Crippen LogP contribution in [0.5, 0.6) is 0 Å². The van der Waals surface area contributed by atoms with Gasteiger partial charge in [0, 0.05) is 29.1 Å². The third kappa shape index (κ3) is 4.52. The second-order valence-electron chi connectivity index (χ2n) is 5.64. The highest BCUT2D eigenvalue weighted by Crippen LogP contribution is 2.28. The predicted octanol–water partition coefficient (Wildman–Crippen LogP) is 3.59. The molecule has 0 saturated heterocycles. The molecule has 1 fully saturated rings. The van der Waals surface area contributed by atoms with Crippen LogP contribution in [0, 0.1) is 23.0 Å². The van der Waals surface area contributed by atoms with E-state index in [1.807, 2.05) is 0 Å². The van der Waals surface area contributed by atoms with E-state index in [0.717, 1.165) is 25.7 Å². The summed E-state index contributed by atoms with van der Waals surface area (Å²) in [5, 5.41) is 13.7. The average molecular weight is 355 g/mol. The van der Waals surface area contributed by atoms with Crippen molar-refractivity contribution in [2.45, 2.75) is 37.4 Å². The Morgan fingerprint density at radius 2 is 2.00 bits per heavy atom. The van der Waals surface area contributed by atoms with Gasteiger partial charge in [-0.1, -0.05) is 15.9 Å². The van der Waals surface area contributed by atoms with E-state index in [1.165, 1.54) is 12.1 Å². The lowest BCUT2D eigenvalue weighted by Crippen LogP contribution is -2.31. The zero-order valence-corrected chi connectivity index (χ0v) is 13.6. The fraction of sp³-hybridized carbons (Fsp3) is 0.533. The van der Waals surface area contributed by atoms with Gasteiger partial charge >= 0.3 is 0 Å². The van der Waals surface area contributed by atoms with Gasteiger partial charge in [-0.25, -0.2) is 0 Å². The summed E-state index contributed by atoms with van der Waals surface area (Å²) in [5.41, 5.74) is 1.03. The molecule has 0 radical (unpaired) electrons. The third-order valence-corrected chi connectivity index (χ3v) is 4.78. The molecule has 114 valence electrons. The number of nitro groups is 1. The van der Waals surface area contributed by atoms with Gasteiger partial charge in [-0.15, -0.1) is 0 Å². The van der Waals surface area contributed by atoms with E-state index in [0.29, 0.717) is 28.4 Å². The Bertz CT molecular complexity index is 540. The van der Waals surface area contributed by atoms with Gasteiger partial charge in [-0.05, 0) is 50.2 Å². The van der Waals surface area contributed by atoms with Gasteiger partial charge in [0.05, 0.1) is 4.92 Å². The maximum atomic E-state index is 12.1. The Morgan fingerprint density at radius 1 is 1.33 bits per heavy atom. The van der Waals surface area contributed by atoms with Crippen molar-refractivity contribution in [3.05, 3.63) is 39.4 Å². The molecule has 5 nitrogen and oxygen atoms in total. The molecule has 1 saturated carbocycles. The normalized spacial score (nSPS) is 21.8. The predicted molar refractivity (Wildman–Crippen MR) is 84.8 cm³/mol. The lowest BCUT2D eigenvalue weighted by atomic mass is 9.89. The standard InChI is InChI=1S/C15H19BrN2O3/c1-10-6-12(8-14(7-10)18(20)21)15(19)17-9-11-2-4-13(16)5-3-11/h6-8,11,13H,2-5,9H2,1H3,(H,17,19). The van der Waals surface area contributed by atoms with Gasteiger partial charge in [0.25, 0.3) is 11.6 Å². The Hall–Kier alpha value is -1.43. The first-order valence-corrected chi connectivity index (χ1v) is 8.05. The summed E-state index contributed by atoms with van der Waals surface area (Å²) in [4.78, 5) is 23.1. The third-order valence-electron chi connectivity index (χ3n) is 3.86. The summed E-state index contributed by atoms with van der Waals surface area (Å²) in [6, 6.07) is 4.48. The molecule has 0 heterocycles. The van der Waals surface area contributed by atoms with Crippen LogP contribution < -0.4 is 5.32 Å². The lowest BCUT2D eigenvalue weighted by molar-refractivity contribution is -0.384. The molecule has 1 N–H and O–H groups in total. The van der Waals surface area contributed by atoms with Crippen LogP contribution in [0.2, 0.25) is 0 Å². The number of aryl methyl sites for hydroxylation is 1. The van der Waals surface area contributed by atoms with Gasteiger partial charge in [0.2, 0.25) is 0 Å². The van der Waals surface area contributed by atoms with Crippen molar-refractivity contribution in [3.63, 3.8) is 0 Å². The van der Waals surface area contributed by atoms with E-state index < -0.39 is 4.92 Å². The van der Waals surface area contributed by atoms with Crippen LogP contribution >= 0.6 is 15.9 Å². The molecular formula is C15H19BrN2O3. The molecule has 1 amide bonds. The number of halogens is 1. The summed E-state index contributed by atoms with van der Waals surface area (Å²) >= 11 is 3.61. The van der Waals surface area contributed by atoms with Gasteiger partial charge in [-0.2, -0.15) is 0 Å². The number of nitrogens with zero attached hydrogens (tertiary/aromatic N) is 1. The van der Waals surface area contributed by atoms with Crippen molar-refractivity contribution in [2.24, 2.45) is 5.92 Å². The molecular weight excluding hydrogens is 336 g/mol. The van der Waals surface area contributed by atoms with Gasteiger partial charge in [0.1, 0.15) is 0 Å². The molecule has 0 bridgehead atoms. The van der Waals surface area contributed by atoms with Crippen LogP contribution in [0.3, 0.4) is 0 Å². The fourth-order valence-electron chi connectivity index (χ4n) is 2.66. The summed E-state index contributed by atoms with van der Waals surface area (Å²) in [5.74, 6) is 0.269. The van der Waals surface area contributed by atoms with E-state index in [4.69, 9.17) is 0 Å². The van der Waals surface area contributed by atoms with E-state index in [9.17, 15) is 14.9 Å². The molecule has 2 rings (SSSR count). The maximum Gasteiger partial charge on any atom is 0.270 e. The minimum Gasteiger partial charge on any atom is -0.352 e. The highest BCUT2D eigenvalue weighted by molar-refractivity contribution is 9.09. The van der Waals surface area contributed by atoms with Crippen molar-refractivity contribution in [1.29, 1.82) is 0 Å². The van der Waals surface area contributed by atoms with Gasteiger partial charge < -0.3 is 5.32 Å². The number of carbonyl (C=O) groups excluding carboxylic acids is 1. The second kappa shape index (κ2) is 7.02. The molecule has 0 atom stereocenters. The largest absolute Gasteiger partial charge is 0.352 e. The molecule has 0 spiro atoms. The number of hydrogen-bond acceptors (Lipinski definition) is 3. The van der Waals surface area contributed by atoms with Gasteiger partial charge in [0.15, 0.2) is 0 Å². The average Bonchev–Trinajstić information content (AvgIpc) is 2.45. The molecule has 0 unspecified atom stereocenters. The van der Waals surface area contributed by atoms with Gasteiger partial charge in [-0.3, -0.25) is 14.9 Å². The van der Waals surface area contributed by atoms with Crippen LogP contribution in [0.25, 0.3) is 0 Å². The number of nitrogens with one attached hydrogen (secondary N) is 1. The molecule has 1 aromatic carbocycles. The lowest BCUT2D eigenvalue weighted by Gasteiger charge is -2.25. The van der Waals surface area contributed by atoms with E-state index in [2.05, 4.69) is 21.2 Å². The number of hydrogen-bond donors (Lipinski definition) is 1. The first-order valence-electron chi connectivity index (χ1n) is 7.14. The quantitative estimate of drug-likeness (QED) is 0.510.